The molecule has 2 bridgehead atoms. The smallest absolute Gasteiger partial charge is 0.227 e. The van der Waals surface area contributed by atoms with Crippen LogP contribution in [0.5, 0.6) is 0 Å². The standard InChI is InChI=1S/C13H24N2O/c1-13(2,3)15-8-10-6-5-7-11(9-15)14(4)12(10)16/h10-11H,5-9H2,1-4H3. The van der Waals surface area contributed by atoms with Crippen molar-refractivity contribution in [1.82, 2.24) is 9.80 Å². The van der Waals surface area contributed by atoms with Crippen molar-refractivity contribution in [2.75, 3.05) is 20.1 Å². The molecular weight excluding hydrogens is 200 g/mol. The topological polar surface area (TPSA) is 23.6 Å². The van der Waals surface area contributed by atoms with Crippen LogP contribution in [0.15, 0.2) is 0 Å². The molecule has 16 heavy (non-hydrogen) atoms. The van der Waals surface area contributed by atoms with Crippen molar-refractivity contribution in [3.63, 3.8) is 0 Å². The first-order valence-electron chi connectivity index (χ1n) is 6.41. The summed E-state index contributed by atoms with van der Waals surface area (Å²) in [6.07, 6.45) is 3.46. The van der Waals surface area contributed by atoms with Gasteiger partial charge in [-0.05, 0) is 33.6 Å². The number of rotatable bonds is 0. The summed E-state index contributed by atoms with van der Waals surface area (Å²) in [4.78, 5) is 16.7. The average Bonchev–Trinajstić information content (AvgIpc) is 2.31. The van der Waals surface area contributed by atoms with Crippen molar-refractivity contribution in [3.05, 3.63) is 0 Å². The van der Waals surface area contributed by atoms with Gasteiger partial charge < -0.3 is 4.90 Å². The quantitative estimate of drug-likeness (QED) is 0.625. The lowest BCUT2D eigenvalue weighted by Gasteiger charge is -2.38. The van der Waals surface area contributed by atoms with E-state index >= 15 is 0 Å². The SMILES string of the molecule is CN1C(=O)C2CCCC1CN(C(C)(C)C)C2. The van der Waals surface area contributed by atoms with Gasteiger partial charge in [-0.3, -0.25) is 9.69 Å². The molecule has 3 nitrogen and oxygen atoms in total. The fourth-order valence-electron chi connectivity index (χ4n) is 2.91. The Kier molecular flexibility index (Phi) is 2.99. The van der Waals surface area contributed by atoms with Crippen LogP contribution in [0.4, 0.5) is 0 Å². The number of likely N-dealkylation sites (N-methyl/N-ethyl adjacent to an activating group) is 1. The molecule has 0 aromatic heterocycles. The zero-order valence-corrected chi connectivity index (χ0v) is 11.0. The van der Waals surface area contributed by atoms with Gasteiger partial charge in [0.25, 0.3) is 0 Å². The Morgan fingerprint density at radius 1 is 1.19 bits per heavy atom. The minimum absolute atomic E-state index is 0.180. The molecular formula is C13H24N2O. The summed E-state index contributed by atoms with van der Waals surface area (Å²) in [5, 5.41) is 0. The third kappa shape index (κ3) is 2.10. The van der Waals surface area contributed by atoms with E-state index in [0.29, 0.717) is 11.9 Å². The number of amides is 1. The molecule has 2 unspecified atom stereocenters. The Labute approximate surface area is 98.8 Å². The predicted octanol–water partition coefficient (Wildman–Crippen LogP) is 1.73. The molecule has 92 valence electrons. The maximum Gasteiger partial charge on any atom is 0.227 e. The molecule has 0 saturated carbocycles. The van der Waals surface area contributed by atoms with Crippen molar-refractivity contribution in [1.29, 1.82) is 0 Å². The molecule has 0 aliphatic carbocycles. The number of likely N-dealkylation sites (tertiary alicyclic amines) is 1. The minimum atomic E-state index is 0.180. The second-order valence-electron chi connectivity index (χ2n) is 6.31. The van der Waals surface area contributed by atoms with Crippen molar-refractivity contribution >= 4 is 5.91 Å². The van der Waals surface area contributed by atoms with Gasteiger partial charge >= 0.3 is 0 Å². The van der Waals surface area contributed by atoms with Crippen LogP contribution in [0.1, 0.15) is 40.0 Å². The van der Waals surface area contributed by atoms with Gasteiger partial charge in [-0.1, -0.05) is 6.42 Å². The third-order valence-electron chi connectivity index (χ3n) is 4.16. The van der Waals surface area contributed by atoms with Gasteiger partial charge in [0.05, 0.1) is 5.92 Å². The van der Waals surface area contributed by atoms with Crippen LogP contribution in [-0.2, 0) is 4.79 Å². The Bertz CT molecular complexity index is 282. The monoisotopic (exact) mass is 224 g/mol. The van der Waals surface area contributed by atoms with Crippen LogP contribution < -0.4 is 0 Å². The summed E-state index contributed by atoms with van der Waals surface area (Å²) in [5.74, 6) is 0.603. The van der Waals surface area contributed by atoms with E-state index in [9.17, 15) is 4.79 Å². The molecule has 0 spiro atoms. The summed E-state index contributed by atoms with van der Waals surface area (Å²) in [5.41, 5.74) is 0.180. The van der Waals surface area contributed by atoms with Crippen LogP contribution in [0.2, 0.25) is 0 Å². The molecule has 0 radical (unpaired) electrons. The molecule has 2 atom stereocenters. The van der Waals surface area contributed by atoms with Crippen molar-refractivity contribution < 1.29 is 4.79 Å². The predicted molar refractivity (Wildman–Crippen MR) is 65.2 cm³/mol. The number of nitrogens with zero attached hydrogens (tertiary/aromatic N) is 2. The summed E-state index contributed by atoms with van der Waals surface area (Å²) in [7, 11) is 1.98. The fraction of sp³-hybridized carbons (Fsp3) is 0.923. The summed E-state index contributed by atoms with van der Waals surface area (Å²) in [6, 6.07) is 0.430. The summed E-state index contributed by atoms with van der Waals surface area (Å²) in [6.45, 7) is 8.74. The molecule has 2 aliphatic rings. The lowest BCUT2D eigenvalue weighted by atomic mass is 9.95. The number of hydrogen-bond donors (Lipinski definition) is 0. The summed E-state index contributed by atoms with van der Waals surface area (Å²) >= 11 is 0. The van der Waals surface area contributed by atoms with E-state index in [-0.39, 0.29) is 11.5 Å². The molecule has 2 rings (SSSR count). The number of carbonyl (C=O) groups excluding carboxylic acids is 1. The highest BCUT2D eigenvalue weighted by atomic mass is 16.2. The van der Waals surface area contributed by atoms with E-state index in [0.717, 1.165) is 19.5 Å². The van der Waals surface area contributed by atoms with Gasteiger partial charge in [-0.25, -0.2) is 0 Å². The van der Waals surface area contributed by atoms with E-state index in [2.05, 4.69) is 25.7 Å². The molecule has 2 heterocycles. The highest BCUT2D eigenvalue weighted by molar-refractivity contribution is 5.79. The largest absolute Gasteiger partial charge is 0.341 e. The van der Waals surface area contributed by atoms with Crippen LogP contribution >= 0.6 is 0 Å². The molecule has 0 aromatic carbocycles. The molecule has 2 fully saturated rings. The molecule has 3 heteroatoms. The highest BCUT2D eigenvalue weighted by Gasteiger charge is 2.39. The maximum absolute atomic E-state index is 12.2. The normalized spacial score (nSPS) is 32.8. The molecule has 1 amide bonds. The number of carbonyl (C=O) groups is 1. The van der Waals surface area contributed by atoms with Crippen LogP contribution in [0, 0.1) is 5.92 Å². The van der Waals surface area contributed by atoms with E-state index in [4.69, 9.17) is 0 Å². The molecule has 0 N–H and O–H groups in total. The van der Waals surface area contributed by atoms with Crippen molar-refractivity contribution in [2.45, 2.75) is 51.6 Å². The first-order chi connectivity index (χ1) is 7.39. The Balaban J connectivity index is 2.24. The Morgan fingerprint density at radius 3 is 2.50 bits per heavy atom. The first-order valence-corrected chi connectivity index (χ1v) is 6.41. The zero-order valence-electron chi connectivity index (χ0n) is 11.0. The average molecular weight is 224 g/mol. The van der Waals surface area contributed by atoms with Gasteiger partial charge in [0.1, 0.15) is 0 Å². The molecule has 0 aromatic rings. The number of fused-ring (bicyclic) bond motifs is 3. The first kappa shape index (κ1) is 11.9. The van der Waals surface area contributed by atoms with Gasteiger partial charge in [-0.15, -0.1) is 0 Å². The van der Waals surface area contributed by atoms with E-state index < -0.39 is 0 Å². The maximum atomic E-state index is 12.2. The van der Waals surface area contributed by atoms with Gasteiger partial charge in [-0.2, -0.15) is 0 Å². The van der Waals surface area contributed by atoms with E-state index in [1.165, 1.54) is 12.8 Å². The van der Waals surface area contributed by atoms with E-state index in [1.54, 1.807) is 0 Å². The van der Waals surface area contributed by atoms with E-state index in [1.807, 2.05) is 11.9 Å². The fourth-order valence-corrected chi connectivity index (χ4v) is 2.91. The summed E-state index contributed by atoms with van der Waals surface area (Å²) < 4.78 is 0. The Morgan fingerprint density at radius 2 is 1.88 bits per heavy atom. The highest BCUT2D eigenvalue weighted by Crippen LogP contribution is 2.30. The Hall–Kier alpha value is -0.570. The van der Waals surface area contributed by atoms with Crippen LogP contribution in [0.25, 0.3) is 0 Å². The van der Waals surface area contributed by atoms with Gasteiger partial charge in [0.15, 0.2) is 0 Å². The second kappa shape index (κ2) is 4.02. The second-order valence-corrected chi connectivity index (χ2v) is 6.31. The van der Waals surface area contributed by atoms with Crippen molar-refractivity contribution in [3.8, 4) is 0 Å². The van der Waals surface area contributed by atoms with Crippen LogP contribution in [0.3, 0.4) is 0 Å². The molecule has 2 aliphatic heterocycles. The lowest BCUT2D eigenvalue weighted by Crippen LogP contribution is -2.48. The van der Waals surface area contributed by atoms with Gasteiger partial charge in [0.2, 0.25) is 5.91 Å². The lowest BCUT2D eigenvalue weighted by molar-refractivity contribution is -0.134. The van der Waals surface area contributed by atoms with Crippen molar-refractivity contribution in [2.24, 2.45) is 5.92 Å². The third-order valence-corrected chi connectivity index (χ3v) is 4.16. The van der Waals surface area contributed by atoms with Gasteiger partial charge in [0, 0.05) is 31.7 Å². The zero-order chi connectivity index (χ0) is 11.9. The minimum Gasteiger partial charge on any atom is -0.341 e. The molecule has 2 saturated heterocycles. The number of hydrogen-bond acceptors (Lipinski definition) is 2. The van der Waals surface area contributed by atoms with Crippen LogP contribution in [-0.4, -0.2) is 47.4 Å².